The number of aromatic amines is 1. The monoisotopic (exact) mass is 874 g/mol. The summed E-state index contributed by atoms with van der Waals surface area (Å²) in [5.41, 5.74) is 3.78. The highest BCUT2D eigenvalue weighted by atomic mass is 31.2. The van der Waals surface area contributed by atoms with Gasteiger partial charge in [-0.15, -0.1) is 0 Å². The number of nitrogens with zero attached hydrogens (tertiary/aromatic N) is 7. The van der Waals surface area contributed by atoms with Crippen molar-refractivity contribution in [1.82, 2.24) is 38.5 Å². The van der Waals surface area contributed by atoms with Gasteiger partial charge in [0.2, 0.25) is 0 Å². The van der Waals surface area contributed by atoms with Crippen LogP contribution in [0.1, 0.15) is 89.3 Å². The van der Waals surface area contributed by atoms with E-state index in [-0.39, 0.29) is 34.4 Å². The van der Waals surface area contributed by atoms with Gasteiger partial charge in [-0.3, -0.25) is 23.4 Å². The largest absolute Gasteiger partial charge is 0.505 e. The molecule has 17 heteroatoms. The van der Waals surface area contributed by atoms with Gasteiger partial charge >= 0.3 is 11.4 Å². The molecule has 1 saturated heterocycles. The number of phenols is 1. The van der Waals surface area contributed by atoms with E-state index in [1.54, 1.807) is 73.3 Å². The van der Waals surface area contributed by atoms with Crippen LogP contribution in [0.5, 0.6) is 5.75 Å². The Balaban J connectivity index is 1.13. The summed E-state index contributed by atoms with van der Waals surface area (Å²) in [6.07, 6.45) is 5.86. The molecule has 3 atom stereocenters. The molecule has 2 fully saturated rings. The highest BCUT2D eigenvalue weighted by Crippen LogP contribution is 2.56. The summed E-state index contributed by atoms with van der Waals surface area (Å²) < 4.78 is 45.2. The second kappa shape index (κ2) is 14.7. The maximum atomic E-state index is 15.5. The van der Waals surface area contributed by atoms with E-state index >= 15 is 9.18 Å². The number of benzene rings is 3. The van der Waals surface area contributed by atoms with Gasteiger partial charge < -0.3 is 23.9 Å². The van der Waals surface area contributed by atoms with Crippen LogP contribution < -0.4 is 16.8 Å². The van der Waals surface area contributed by atoms with Gasteiger partial charge in [0.15, 0.2) is 5.82 Å². The summed E-state index contributed by atoms with van der Waals surface area (Å²) in [5, 5.41) is 21.7. The number of carbonyl (C=O) groups is 1. The smallest absolute Gasteiger partial charge is 0.438 e. The van der Waals surface area contributed by atoms with Crippen LogP contribution in [0.2, 0.25) is 0 Å². The summed E-state index contributed by atoms with van der Waals surface area (Å²) >= 11 is 0. The lowest BCUT2D eigenvalue weighted by Gasteiger charge is -2.34. The van der Waals surface area contributed by atoms with E-state index in [2.05, 4.69) is 35.3 Å². The highest BCUT2D eigenvalue weighted by Gasteiger charge is 2.59. The summed E-state index contributed by atoms with van der Waals surface area (Å²) in [6.45, 7) is 12.1. The molecule has 63 heavy (non-hydrogen) atoms. The molecule has 326 valence electrons. The summed E-state index contributed by atoms with van der Waals surface area (Å²) in [7, 11) is -2.92. The second-order valence-corrected chi connectivity index (χ2v) is 21.0. The molecule has 1 amide bonds. The van der Waals surface area contributed by atoms with E-state index < -0.39 is 30.2 Å². The predicted octanol–water partition coefficient (Wildman–Crippen LogP) is 6.59. The first kappa shape index (κ1) is 40.8. The molecule has 7 aromatic rings. The Morgan fingerprint density at radius 3 is 2.38 bits per heavy atom. The lowest BCUT2D eigenvalue weighted by molar-refractivity contribution is 0.0663. The fraction of sp³-hybridized carbons (Fsp3) is 0.370. The van der Waals surface area contributed by atoms with Gasteiger partial charge in [-0.2, -0.15) is 5.10 Å². The minimum atomic E-state index is -2.92. The van der Waals surface area contributed by atoms with Crippen LogP contribution in [0, 0.1) is 25.6 Å². The Morgan fingerprint density at radius 2 is 1.71 bits per heavy atom. The number of aryl methyl sites for hydroxylation is 2. The third kappa shape index (κ3) is 6.39. The first-order chi connectivity index (χ1) is 30.1. The Kier molecular flexibility index (Phi) is 9.50. The molecule has 3 aliphatic rings. The second-order valence-electron chi connectivity index (χ2n) is 17.8. The number of halogens is 1. The molecule has 4 aromatic heterocycles. The van der Waals surface area contributed by atoms with E-state index in [9.17, 15) is 19.3 Å². The van der Waals surface area contributed by atoms with E-state index in [1.807, 2.05) is 17.6 Å². The molecule has 2 aliphatic heterocycles. The van der Waals surface area contributed by atoms with Crippen molar-refractivity contribution in [2.24, 2.45) is 5.92 Å². The van der Waals surface area contributed by atoms with Crippen molar-refractivity contribution in [3.8, 4) is 22.9 Å². The van der Waals surface area contributed by atoms with Crippen LogP contribution in [-0.2, 0) is 21.3 Å². The van der Waals surface area contributed by atoms with Gasteiger partial charge in [-0.1, -0.05) is 24.2 Å². The number of hydrogen-bond acceptors (Lipinski definition) is 9. The molecule has 10 rings (SSSR count). The molecular weight excluding hydrogens is 827 g/mol. The van der Waals surface area contributed by atoms with Gasteiger partial charge in [-0.25, -0.2) is 18.7 Å². The Morgan fingerprint density at radius 1 is 1.00 bits per heavy atom. The average Bonchev–Trinajstić information content (AvgIpc) is 3.75. The first-order valence-electron chi connectivity index (χ1n) is 21.3. The van der Waals surface area contributed by atoms with Crippen LogP contribution in [0.3, 0.4) is 0 Å². The Labute approximate surface area is 361 Å². The van der Waals surface area contributed by atoms with Crippen molar-refractivity contribution < 1.29 is 28.1 Å². The zero-order valence-electron chi connectivity index (χ0n) is 35.9. The van der Waals surface area contributed by atoms with E-state index in [0.717, 1.165) is 23.7 Å². The van der Waals surface area contributed by atoms with Crippen molar-refractivity contribution in [1.29, 1.82) is 0 Å². The topological polar surface area (TPSA) is 175 Å². The number of nitrogens with one attached hydrogen (secondary N) is 1. The SMILES string of the molecule is Cc1cc(-n2nc3c(c2-n2ccn(-c4cccc(P(C)(C)=O)c4O)c2=O)C(C)N(C(=O)c2cc4cc(C5CCOCC5)ccc4n2C2(c4noc(=O)[nH]4)CC2C)CC3)cc(C)c1F. The van der Waals surface area contributed by atoms with Crippen molar-refractivity contribution in [3.63, 3.8) is 0 Å². The van der Waals surface area contributed by atoms with Crippen LogP contribution in [-0.4, -0.2) is 82.6 Å². The minimum absolute atomic E-state index is 0.00559. The summed E-state index contributed by atoms with van der Waals surface area (Å²) in [6, 6.07) is 15.8. The number of fused-ring (bicyclic) bond motifs is 2. The third-order valence-electron chi connectivity index (χ3n) is 13.5. The standard InChI is InChI=1S/C46H48FN8O7P/c1-25-20-32(21-26(2)39(25)47)55-41(53-17-16-52(45(53)59)35-8-7-9-37(40(35)56)63(5,6)60)38-28(4)51(15-12-33(38)49-55)42(57)36-23-31-22-30(29-13-18-61-19-14-29)10-11-34(31)54(36)46(24-27(46)3)43-48-44(58)62-50-43/h7-11,16-17,20-23,27-29,56H,12-15,18-19,24H2,1-6H3,(H,48,50,58). The number of hydrogen-bond donors (Lipinski definition) is 2. The molecule has 0 bridgehead atoms. The molecule has 0 spiro atoms. The van der Waals surface area contributed by atoms with Crippen molar-refractivity contribution in [2.45, 2.75) is 70.9 Å². The fourth-order valence-corrected chi connectivity index (χ4v) is 11.2. The van der Waals surface area contributed by atoms with Gasteiger partial charge in [-0.05, 0) is 124 Å². The Bertz CT molecular complexity index is 3160. The number of phenolic OH excluding ortho intramolecular Hbond substituents is 1. The minimum Gasteiger partial charge on any atom is -0.505 e. The number of ether oxygens (including phenoxy) is 1. The number of H-pyrrole nitrogens is 1. The van der Waals surface area contributed by atoms with Gasteiger partial charge in [0, 0.05) is 55.0 Å². The number of rotatable bonds is 8. The number of amides is 1. The van der Waals surface area contributed by atoms with Gasteiger partial charge in [0.25, 0.3) is 5.91 Å². The fourth-order valence-electron chi connectivity index (χ4n) is 10.1. The first-order valence-corrected chi connectivity index (χ1v) is 23.9. The zero-order chi connectivity index (χ0) is 44.3. The lowest BCUT2D eigenvalue weighted by Crippen LogP contribution is -2.41. The van der Waals surface area contributed by atoms with Crippen LogP contribution in [0.25, 0.3) is 28.1 Å². The molecule has 0 radical (unpaired) electrons. The number of aromatic hydroxyl groups is 1. The van der Waals surface area contributed by atoms with Crippen LogP contribution in [0.4, 0.5) is 4.39 Å². The summed E-state index contributed by atoms with van der Waals surface area (Å²) in [4.78, 5) is 47.1. The molecular formula is C46H48FN8O7P. The van der Waals surface area contributed by atoms with Crippen molar-refractivity contribution in [3.05, 3.63) is 133 Å². The van der Waals surface area contributed by atoms with E-state index in [4.69, 9.17) is 14.4 Å². The number of imidazole rings is 1. The molecule has 1 aliphatic carbocycles. The molecule has 3 unspecified atom stereocenters. The lowest BCUT2D eigenvalue weighted by atomic mass is 9.91. The van der Waals surface area contributed by atoms with E-state index in [0.29, 0.717) is 83.9 Å². The number of aromatic nitrogens is 7. The molecule has 6 heterocycles. The average molecular weight is 875 g/mol. The summed E-state index contributed by atoms with van der Waals surface area (Å²) in [5.74, 6) is -0.516. The molecule has 2 N–H and O–H groups in total. The molecule has 1 saturated carbocycles. The van der Waals surface area contributed by atoms with Crippen molar-refractivity contribution >= 4 is 29.3 Å². The van der Waals surface area contributed by atoms with Crippen molar-refractivity contribution in [2.75, 3.05) is 33.1 Å². The highest BCUT2D eigenvalue weighted by molar-refractivity contribution is 7.70. The number of para-hydroxylation sites is 1. The van der Waals surface area contributed by atoms with E-state index in [1.165, 1.54) is 20.9 Å². The maximum Gasteiger partial charge on any atom is 0.438 e. The van der Waals surface area contributed by atoms with Gasteiger partial charge in [0.05, 0.1) is 28.4 Å². The molecule has 15 nitrogen and oxygen atoms in total. The van der Waals surface area contributed by atoms with Crippen LogP contribution in [0.15, 0.2) is 81.1 Å². The van der Waals surface area contributed by atoms with Crippen LogP contribution >= 0.6 is 7.14 Å². The normalized spacial score (nSPS) is 20.4. The predicted molar refractivity (Wildman–Crippen MR) is 235 cm³/mol. The maximum absolute atomic E-state index is 15.5. The molecule has 3 aromatic carbocycles. The third-order valence-corrected chi connectivity index (χ3v) is 15.0. The zero-order valence-corrected chi connectivity index (χ0v) is 36.8. The number of carbonyl (C=O) groups excluding carboxylic acids is 1. The van der Waals surface area contributed by atoms with Gasteiger partial charge in [0.1, 0.15) is 35.8 Å². The Hall–Kier alpha value is -6.25. The quantitative estimate of drug-likeness (QED) is 0.160.